The molecule has 0 radical (unpaired) electrons. The Hall–Kier alpha value is 1.01. The zero-order valence-corrected chi connectivity index (χ0v) is 17.3. The molecule has 166 valence electrons. The van der Waals surface area contributed by atoms with Crippen LogP contribution in [0.3, 0.4) is 0 Å². The highest BCUT2D eigenvalue weighted by molar-refractivity contribution is 6.45. The van der Waals surface area contributed by atoms with Crippen LogP contribution in [0.15, 0.2) is 0 Å². The van der Waals surface area contributed by atoms with E-state index in [-0.39, 0.29) is 0 Å². The van der Waals surface area contributed by atoms with Crippen LogP contribution >= 0.6 is 58.0 Å². The summed E-state index contributed by atoms with van der Waals surface area (Å²) < 4.78 is 15.1. The monoisotopic (exact) mass is 512 g/mol. The summed E-state index contributed by atoms with van der Waals surface area (Å²) in [6.07, 6.45) is -5.42. The zero-order valence-electron chi connectivity index (χ0n) is 13.5. The summed E-state index contributed by atoms with van der Waals surface area (Å²) in [4.78, 5) is 0. The largest absolute Gasteiger partial charge is 0.394 e. The van der Waals surface area contributed by atoms with Gasteiger partial charge in [0.25, 0.3) is 5.06 Å². The predicted molar refractivity (Wildman–Crippen MR) is 92.6 cm³/mol. The summed E-state index contributed by atoms with van der Waals surface area (Å²) in [5, 5.41) is 62.6. The first-order valence-electron chi connectivity index (χ1n) is 7.41. The molecule has 0 aliphatic carbocycles. The minimum Gasteiger partial charge on any atom is -0.394 e. The number of hydrogen-bond donors (Lipinski definition) is 8. The Morgan fingerprint density at radius 2 is 1.36 bits per heavy atom. The minimum atomic E-state index is -3.60. The number of alkyl halides is 5. The van der Waals surface area contributed by atoms with E-state index in [0.717, 1.165) is 0 Å². The molecule has 11 nitrogen and oxygen atoms in total. The Labute approximate surface area is 182 Å². The van der Waals surface area contributed by atoms with Crippen LogP contribution < -0.4 is 0 Å². The highest BCUT2D eigenvalue weighted by Gasteiger charge is 2.83. The number of aliphatic hydroxyl groups excluding tert-OH is 5. The van der Waals surface area contributed by atoms with Crippen molar-refractivity contribution in [2.45, 2.75) is 49.6 Å². The van der Waals surface area contributed by atoms with Crippen LogP contribution in [-0.2, 0) is 14.2 Å². The molecule has 2 rings (SSSR count). The molecular weight excluding hydrogens is 497 g/mol. The van der Waals surface area contributed by atoms with Gasteiger partial charge in [0.1, 0.15) is 24.9 Å². The fraction of sp³-hybridized carbons (Fsp3) is 1.00. The van der Waals surface area contributed by atoms with Crippen LogP contribution in [0.1, 0.15) is 0 Å². The molecule has 16 heteroatoms. The normalized spacial score (nSPS) is 57.5. The van der Waals surface area contributed by atoms with Gasteiger partial charge in [-0.05, 0) is 0 Å². The van der Waals surface area contributed by atoms with E-state index < -0.39 is 69.4 Å². The fourth-order valence-corrected chi connectivity index (χ4v) is 4.26. The molecule has 0 aromatic rings. The standard InChI is InChI=1S/C12H17Cl5O11/c13-8(3-20)9(14,23)10(15,24)11(16,25)12(17,28-8)27-7(2-19)6(22)5(21)4(1-18)26-7/h4-6,18-25H,1-3H2/t4-,5-,6+,7?,8-,9-,10+,11-,12+/m1/s1. The number of aliphatic hydroxyl groups is 8. The molecule has 0 amide bonds. The topological polar surface area (TPSA) is 190 Å². The van der Waals surface area contributed by atoms with Crippen LogP contribution in [0.2, 0.25) is 0 Å². The molecule has 0 aromatic heterocycles. The molecule has 2 saturated heterocycles. The maximum Gasteiger partial charge on any atom is 0.302 e. The lowest BCUT2D eigenvalue weighted by atomic mass is 9.95. The van der Waals surface area contributed by atoms with Crippen LogP contribution in [0.4, 0.5) is 0 Å². The molecule has 0 spiro atoms. The SMILES string of the molecule is OC[C@H]1OC(CO)(O[C@]2(Cl)O[C@](Cl)(CO)[C@](O)(Cl)[C@@](O)(Cl)[C@]2(O)Cl)[C@@H](O)[C@@H]1O. The van der Waals surface area contributed by atoms with E-state index in [1.54, 1.807) is 0 Å². The third-order valence-electron chi connectivity index (χ3n) is 4.48. The van der Waals surface area contributed by atoms with Gasteiger partial charge in [-0.15, -0.1) is 0 Å². The van der Waals surface area contributed by atoms with E-state index >= 15 is 0 Å². The van der Waals surface area contributed by atoms with Crippen LogP contribution in [-0.4, -0.2) is 110 Å². The van der Waals surface area contributed by atoms with Crippen LogP contribution in [0.25, 0.3) is 0 Å². The van der Waals surface area contributed by atoms with Gasteiger partial charge in [0.05, 0.1) is 13.2 Å². The number of halogens is 5. The van der Waals surface area contributed by atoms with Gasteiger partial charge in [-0.1, -0.05) is 58.0 Å². The molecule has 28 heavy (non-hydrogen) atoms. The number of hydrogen-bond acceptors (Lipinski definition) is 11. The molecule has 0 aromatic carbocycles. The lowest BCUT2D eigenvalue weighted by molar-refractivity contribution is -0.429. The zero-order chi connectivity index (χ0) is 22.0. The Balaban J connectivity index is 2.56. The van der Waals surface area contributed by atoms with Crippen LogP contribution in [0, 0.1) is 0 Å². The van der Waals surface area contributed by atoms with Gasteiger partial charge >= 0.3 is 5.25 Å². The van der Waals surface area contributed by atoms with Gasteiger partial charge in [-0.2, -0.15) is 0 Å². The average Bonchev–Trinajstić information content (AvgIpc) is 2.84. The van der Waals surface area contributed by atoms with Crippen molar-refractivity contribution in [1.82, 2.24) is 0 Å². The van der Waals surface area contributed by atoms with Gasteiger partial charge < -0.3 is 50.3 Å². The first kappa shape index (κ1) is 25.3. The second-order valence-corrected chi connectivity index (χ2v) is 8.99. The summed E-state index contributed by atoms with van der Waals surface area (Å²) in [6.45, 7) is -3.50. The van der Waals surface area contributed by atoms with E-state index in [1.165, 1.54) is 0 Å². The van der Waals surface area contributed by atoms with E-state index in [0.29, 0.717) is 0 Å². The van der Waals surface area contributed by atoms with E-state index in [1.807, 2.05) is 0 Å². The molecule has 0 bridgehead atoms. The van der Waals surface area contributed by atoms with Crippen molar-refractivity contribution in [3.8, 4) is 0 Å². The third kappa shape index (κ3) is 3.16. The maximum atomic E-state index is 10.5. The molecule has 0 saturated carbocycles. The first-order chi connectivity index (χ1) is 12.5. The van der Waals surface area contributed by atoms with Crippen molar-refractivity contribution in [3.05, 3.63) is 0 Å². The van der Waals surface area contributed by atoms with Gasteiger partial charge in [0.2, 0.25) is 21.0 Å². The minimum absolute atomic E-state index is 0.846. The fourth-order valence-electron chi connectivity index (χ4n) is 2.71. The van der Waals surface area contributed by atoms with Crippen molar-refractivity contribution in [2.24, 2.45) is 0 Å². The summed E-state index contributed by atoms with van der Waals surface area (Å²) in [5.41, 5.74) is 0. The molecule has 2 aliphatic rings. The average molecular weight is 515 g/mol. The van der Waals surface area contributed by atoms with Gasteiger partial charge in [-0.3, -0.25) is 4.74 Å². The molecule has 8 N–H and O–H groups in total. The highest BCUT2D eigenvalue weighted by atomic mass is 35.5. The quantitative estimate of drug-likeness (QED) is 0.180. The van der Waals surface area contributed by atoms with Crippen molar-refractivity contribution >= 4 is 58.0 Å². The second kappa shape index (κ2) is 7.55. The Morgan fingerprint density at radius 1 is 0.821 bits per heavy atom. The lowest BCUT2D eigenvalue weighted by Gasteiger charge is -2.59. The molecule has 2 heterocycles. The highest BCUT2D eigenvalue weighted by Crippen LogP contribution is 2.62. The summed E-state index contributed by atoms with van der Waals surface area (Å²) in [5.74, 6) is -2.71. The summed E-state index contributed by atoms with van der Waals surface area (Å²) in [6, 6.07) is 0. The molecule has 9 atom stereocenters. The molecule has 2 aliphatic heterocycles. The molecule has 1 unspecified atom stereocenters. The van der Waals surface area contributed by atoms with Crippen molar-refractivity contribution in [1.29, 1.82) is 0 Å². The summed E-state index contributed by atoms with van der Waals surface area (Å²) in [7, 11) is 0. The number of ether oxygens (including phenoxy) is 3. The smallest absolute Gasteiger partial charge is 0.302 e. The lowest BCUT2D eigenvalue weighted by Crippen LogP contribution is -2.82. The molecule has 2 fully saturated rings. The first-order valence-corrected chi connectivity index (χ1v) is 9.30. The Kier molecular flexibility index (Phi) is 6.82. The number of rotatable bonds is 5. The van der Waals surface area contributed by atoms with Crippen molar-refractivity contribution in [2.75, 3.05) is 19.8 Å². The van der Waals surface area contributed by atoms with Crippen LogP contribution in [0.5, 0.6) is 0 Å². The van der Waals surface area contributed by atoms with Gasteiger partial charge in [0, 0.05) is 0 Å². The van der Waals surface area contributed by atoms with Crippen molar-refractivity contribution in [3.63, 3.8) is 0 Å². The second-order valence-electron chi connectivity index (χ2n) is 6.24. The third-order valence-corrected chi connectivity index (χ3v) is 7.41. The van der Waals surface area contributed by atoms with E-state index in [4.69, 9.17) is 72.2 Å². The van der Waals surface area contributed by atoms with Gasteiger partial charge in [0.15, 0.2) is 0 Å². The predicted octanol–water partition coefficient (Wildman–Crippen LogP) is -2.56. The van der Waals surface area contributed by atoms with Gasteiger partial charge in [-0.25, -0.2) is 0 Å². The van der Waals surface area contributed by atoms with E-state index in [2.05, 4.69) is 0 Å². The van der Waals surface area contributed by atoms with E-state index in [9.17, 15) is 40.9 Å². The maximum absolute atomic E-state index is 10.5. The Bertz CT molecular complexity index is 609. The van der Waals surface area contributed by atoms with Crippen molar-refractivity contribution < 1.29 is 55.1 Å². The Morgan fingerprint density at radius 3 is 1.75 bits per heavy atom. The molecular formula is C12H17Cl5O11. The summed E-state index contributed by atoms with van der Waals surface area (Å²) >= 11 is 29.0.